The van der Waals surface area contributed by atoms with Crippen LogP contribution in [0.1, 0.15) is 51.3 Å². The second-order valence-corrected chi connectivity index (χ2v) is 6.72. The van der Waals surface area contributed by atoms with Crippen LogP contribution in [0.25, 0.3) is 0 Å². The summed E-state index contributed by atoms with van der Waals surface area (Å²) < 4.78 is 12.2. The van der Waals surface area contributed by atoms with Crippen LogP contribution in [-0.2, 0) is 9.31 Å². The summed E-state index contributed by atoms with van der Waals surface area (Å²) >= 11 is 0. The smallest absolute Gasteiger partial charge is 0.403 e. The van der Waals surface area contributed by atoms with Crippen LogP contribution in [0.3, 0.4) is 0 Å². The van der Waals surface area contributed by atoms with Crippen LogP contribution in [0.2, 0.25) is 5.82 Å². The first-order chi connectivity index (χ1) is 9.34. The fourth-order valence-corrected chi connectivity index (χ4v) is 2.65. The van der Waals surface area contributed by atoms with Gasteiger partial charge in [0.2, 0.25) is 0 Å². The molecule has 1 saturated heterocycles. The van der Waals surface area contributed by atoms with E-state index in [0.717, 1.165) is 6.42 Å². The molecule has 0 N–H and O–H groups in total. The van der Waals surface area contributed by atoms with Gasteiger partial charge in [0.15, 0.2) is 0 Å². The Labute approximate surface area is 120 Å². The first kappa shape index (κ1) is 13.6. The van der Waals surface area contributed by atoms with Gasteiger partial charge in [-0.3, -0.25) is 0 Å². The molecule has 3 rings (SSSR count). The Morgan fingerprint density at radius 1 is 1.25 bits per heavy atom. The number of rotatable bonds is 2. The lowest BCUT2D eigenvalue weighted by Gasteiger charge is -2.32. The molecule has 2 heterocycles. The third-order valence-corrected chi connectivity index (χ3v) is 4.79. The van der Waals surface area contributed by atoms with Crippen LogP contribution in [0, 0.1) is 11.3 Å². The zero-order valence-corrected chi connectivity index (χ0v) is 12.4. The minimum atomic E-state index is -0.270. The minimum absolute atomic E-state index is 0.138. The van der Waals surface area contributed by atoms with Crippen LogP contribution in [0.4, 0.5) is 0 Å². The molecule has 2 aliphatic rings. The summed E-state index contributed by atoms with van der Waals surface area (Å²) in [5.41, 5.74) is 1.09. The van der Waals surface area contributed by atoms with Gasteiger partial charge in [-0.25, -0.2) is 4.98 Å². The SMILES string of the molecule is CC1(C)OB([C@H]2C[C@@H]2c2ccc(C#N)nc2)OC1(C)C. The fraction of sp³-hybridized carbons (Fsp3) is 0.600. The molecule has 0 amide bonds. The summed E-state index contributed by atoms with van der Waals surface area (Å²) in [5, 5.41) is 8.77. The monoisotopic (exact) mass is 270 g/mol. The van der Waals surface area contributed by atoms with Crippen LogP contribution in [0.5, 0.6) is 0 Å². The molecule has 1 aliphatic carbocycles. The summed E-state index contributed by atoms with van der Waals surface area (Å²) in [6.07, 6.45) is 2.86. The summed E-state index contributed by atoms with van der Waals surface area (Å²) in [5.74, 6) is 0.829. The lowest BCUT2D eigenvalue weighted by Crippen LogP contribution is -2.41. The Balaban J connectivity index is 1.69. The van der Waals surface area contributed by atoms with Crippen molar-refractivity contribution in [3.8, 4) is 6.07 Å². The molecule has 4 nitrogen and oxygen atoms in total. The van der Waals surface area contributed by atoms with Crippen molar-refractivity contribution in [1.29, 1.82) is 5.26 Å². The van der Waals surface area contributed by atoms with Crippen molar-refractivity contribution >= 4 is 7.12 Å². The standard InChI is InChI=1S/C15H19BN2O2/c1-14(2)15(3,4)20-16(19-14)13-7-12(13)10-5-6-11(8-17)18-9-10/h5-6,9,12-13H,7H2,1-4H3/t12-,13+/m1/s1. The number of hydrogen-bond donors (Lipinski definition) is 0. The molecule has 1 aromatic heterocycles. The van der Waals surface area contributed by atoms with Gasteiger partial charge in [0, 0.05) is 12.0 Å². The Morgan fingerprint density at radius 2 is 1.90 bits per heavy atom. The first-order valence-electron chi connectivity index (χ1n) is 7.06. The molecule has 2 atom stereocenters. The quantitative estimate of drug-likeness (QED) is 0.775. The van der Waals surface area contributed by atoms with Gasteiger partial charge in [0.1, 0.15) is 11.8 Å². The average Bonchev–Trinajstić information content (AvgIpc) is 3.13. The second-order valence-electron chi connectivity index (χ2n) is 6.72. The molecule has 0 spiro atoms. The van der Waals surface area contributed by atoms with Crippen molar-refractivity contribution in [3.05, 3.63) is 29.6 Å². The highest BCUT2D eigenvalue weighted by atomic mass is 16.7. The Bertz CT molecular complexity index is 546. The van der Waals surface area contributed by atoms with Gasteiger partial charge in [-0.15, -0.1) is 0 Å². The van der Waals surface area contributed by atoms with E-state index in [9.17, 15) is 0 Å². The van der Waals surface area contributed by atoms with Gasteiger partial charge < -0.3 is 9.31 Å². The van der Waals surface area contributed by atoms with Gasteiger partial charge >= 0.3 is 7.12 Å². The molecule has 0 radical (unpaired) electrons. The van der Waals surface area contributed by atoms with E-state index >= 15 is 0 Å². The van der Waals surface area contributed by atoms with E-state index in [1.165, 1.54) is 5.56 Å². The molecule has 5 heteroatoms. The third kappa shape index (κ3) is 2.13. The molecule has 1 saturated carbocycles. The molecule has 0 bridgehead atoms. The number of nitriles is 1. The highest BCUT2D eigenvalue weighted by Crippen LogP contribution is 2.58. The van der Waals surface area contributed by atoms with Crippen LogP contribution in [0.15, 0.2) is 18.3 Å². The molecular weight excluding hydrogens is 251 g/mol. The summed E-state index contributed by atoms with van der Waals surface area (Å²) in [6, 6.07) is 5.80. The first-order valence-corrected chi connectivity index (χ1v) is 7.06. The summed E-state index contributed by atoms with van der Waals surface area (Å²) in [7, 11) is -0.138. The van der Waals surface area contributed by atoms with Crippen LogP contribution in [-0.4, -0.2) is 23.3 Å². The second kappa shape index (κ2) is 4.31. The number of nitrogens with zero attached hydrogens (tertiary/aromatic N) is 2. The molecule has 104 valence electrons. The summed E-state index contributed by atoms with van der Waals surface area (Å²) in [6.45, 7) is 8.31. The molecule has 20 heavy (non-hydrogen) atoms. The number of hydrogen-bond acceptors (Lipinski definition) is 4. The Kier molecular flexibility index (Phi) is 2.93. The van der Waals surface area contributed by atoms with E-state index in [2.05, 4.69) is 32.7 Å². The van der Waals surface area contributed by atoms with Crippen molar-refractivity contribution in [1.82, 2.24) is 4.98 Å². The Morgan fingerprint density at radius 3 is 2.40 bits per heavy atom. The minimum Gasteiger partial charge on any atom is -0.403 e. The Hall–Kier alpha value is -1.38. The lowest BCUT2D eigenvalue weighted by atomic mass is 9.80. The maximum absolute atomic E-state index is 8.77. The normalized spacial score (nSPS) is 30.1. The zero-order valence-electron chi connectivity index (χ0n) is 12.4. The third-order valence-electron chi connectivity index (χ3n) is 4.79. The maximum Gasteiger partial charge on any atom is 0.461 e. The zero-order chi connectivity index (χ0) is 14.5. The van der Waals surface area contributed by atoms with Crippen molar-refractivity contribution in [2.75, 3.05) is 0 Å². The number of aromatic nitrogens is 1. The maximum atomic E-state index is 8.77. The van der Waals surface area contributed by atoms with Crippen molar-refractivity contribution in [3.63, 3.8) is 0 Å². The predicted octanol–water partition coefficient (Wildman–Crippen LogP) is 2.90. The average molecular weight is 270 g/mol. The highest BCUT2D eigenvalue weighted by molar-refractivity contribution is 6.49. The van der Waals surface area contributed by atoms with Gasteiger partial charge in [-0.05, 0) is 51.7 Å². The molecule has 0 unspecified atom stereocenters. The van der Waals surface area contributed by atoms with E-state index in [1.807, 2.05) is 12.1 Å². The fourth-order valence-electron chi connectivity index (χ4n) is 2.65. The number of pyridine rings is 1. The predicted molar refractivity (Wildman–Crippen MR) is 76.1 cm³/mol. The van der Waals surface area contributed by atoms with Crippen molar-refractivity contribution in [2.45, 2.75) is 57.1 Å². The lowest BCUT2D eigenvalue weighted by molar-refractivity contribution is 0.00578. The summed E-state index contributed by atoms with van der Waals surface area (Å²) in [4.78, 5) is 4.13. The van der Waals surface area contributed by atoms with Gasteiger partial charge in [-0.1, -0.05) is 6.07 Å². The van der Waals surface area contributed by atoms with Crippen molar-refractivity contribution < 1.29 is 9.31 Å². The molecular formula is C15H19BN2O2. The van der Waals surface area contributed by atoms with Gasteiger partial charge in [-0.2, -0.15) is 5.26 Å². The van der Waals surface area contributed by atoms with Crippen LogP contribution < -0.4 is 0 Å². The largest absolute Gasteiger partial charge is 0.461 e. The molecule has 1 aromatic rings. The van der Waals surface area contributed by atoms with E-state index in [1.54, 1.807) is 12.3 Å². The van der Waals surface area contributed by atoms with Crippen LogP contribution >= 0.6 is 0 Å². The topological polar surface area (TPSA) is 55.1 Å². The van der Waals surface area contributed by atoms with Gasteiger partial charge in [0.05, 0.1) is 11.2 Å². The van der Waals surface area contributed by atoms with E-state index in [4.69, 9.17) is 14.6 Å². The molecule has 2 fully saturated rings. The molecule has 1 aliphatic heterocycles. The van der Waals surface area contributed by atoms with Crippen molar-refractivity contribution in [2.24, 2.45) is 0 Å². The van der Waals surface area contributed by atoms with E-state index in [-0.39, 0.29) is 18.3 Å². The van der Waals surface area contributed by atoms with Gasteiger partial charge in [0.25, 0.3) is 0 Å². The van der Waals surface area contributed by atoms with E-state index in [0.29, 0.717) is 17.4 Å². The highest BCUT2D eigenvalue weighted by Gasteiger charge is 2.59. The van der Waals surface area contributed by atoms with E-state index < -0.39 is 0 Å². The molecule has 0 aromatic carbocycles.